The van der Waals surface area contributed by atoms with Crippen LogP contribution in [0.4, 0.5) is 5.82 Å². The van der Waals surface area contributed by atoms with Crippen LogP contribution in [0.25, 0.3) is 0 Å². The van der Waals surface area contributed by atoms with Gasteiger partial charge in [0.25, 0.3) is 0 Å². The highest BCUT2D eigenvalue weighted by molar-refractivity contribution is 5.38. The minimum atomic E-state index is -0.268. The van der Waals surface area contributed by atoms with Gasteiger partial charge < -0.3 is 14.7 Å². The summed E-state index contributed by atoms with van der Waals surface area (Å²) < 4.78 is 5.36. The Kier molecular flexibility index (Phi) is 4.36. The first-order valence-corrected chi connectivity index (χ1v) is 6.58. The highest BCUT2D eigenvalue weighted by atomic mass is 16.5. The second-order valence-electron chi connectivity index (χ2n) is 4.74. The maximum Gasteiger partial charge on any atom is 0.234 e. The number of piperidine rings is 1. The van der Waals surface area contributed by atoms with E-state index in [1.54, 1.807) is 12.4 Å². The number of hydrogen-bond acceptors (Lipinski definition) is 5. The van der Waals surface area contributed by atoms with Crippen LogP contribution in [0.3, 0.4) is 0 Å². The second-order valence-corrected chi connectivity index (χ2v) is 4.74. The zero-order chi connectivity index (χ0) is 13.0. The summed E-state index contributed by atoms with van der Waals surface area (Å²) in [7, 11) is 0. The van der Waals surface area contributed by atoms with E-state index in [2.05, 4.69) is 14.9 Å². The van der Waals surface area contributed by atoms with Crippen LogP contribution in [0.1, 0.15) is 26.7 Å². The van der Waals surface area contributed by atoms with Gasteiger partial charge in [-0.1, -0.05) is 0 Å². The highest BCUT2D eigenvalue weighted by Gasteiger charge is 2.24. The minimum Gasteiger partial charge on any atom is -0.477 e. The molecule has 0 amide bonds. The first-order chi connectivity index (χ1) is 8.70. The van der Waals surface area contributed by atoms with Crippen molar-refractivity contribution in [3.8, 4) is 5.88 Å². The fourth-order valence-electron chi connectivity index (χ4n) is 2.32. The van der Waals surface area contributed by atoms with Crippen molar-refractivity contribution in [1.82, 2.24) is 9.97 Å². The van der Waals surface area contributed by atoms with Gasteiger partial charge in [0.15, 0.2) is 5.82 Å². The minimum absolute atomic E-state index is 0.268. The molecule has 0 bridgehead atoms. The van der Waals surface area contributed by atoms with Gasteiger partial charge in [-0.25, -0.2) is 0 Å². The molecule has 1 saturated heterocycles. The van der Waals surface area contributed by atoms with Crippen LogP contribution in [0.15, 0.2) is 12.4 Å². The Morgan fingerprint density at radius 1 is 1.56 bits per heavy atom. The molecular formula is C13H21N3O2. The maximum absolute atomic E-state index is 9.69. The number of aliphatic hydroxyl groups is 1. The SMILES string of the molecule is CCOc1cncc(N2CCCC(C(C)O)C2)n1. The van der Waals surface area contributed by atoms with Gasteiger partial charge in [0.2, 0.25) is 5.88 Å². The number of rotatable bonds is 4. The third-order valence-corrected chi connectivity index (χ3v) is 3.36. The van der Waals surface area contributed by atoms with E-state index in [0.717, 1.165) is 31.7 Å². The van der Waals surface area contributed by atoms with Gasteiger partial charge in [-0.2, -0.15) is 4.98 Å². The van der Waals surface area contributed by atoms with E-state index in [-0.39, 0.29) is 6.10 Å². The molecule has 2 atom stereocenters. The number of aromatic nitrogens is 2. The normalized spacial score (nSPS) is 21.7. The zero-order valence-corrected chi connectivity index (χ0v) is 11.0. The molecule has 1 aromatic rings. The average Bonchev–Trinajstić information content (AvgIpc) is 2.39. The molecule has 1 aliphatic heterocycles. The molecule has 2 heterocycles. The summed E-state index contributed by atoms with van der Waals surface area (Å²) in [6, 6.07) is 0. The van der Waals surface area contributed by atoms with E-state index in [9.17, 15) is 5.11 Å². The molecule has 1 aliphatic rings. The van der Waals surface area contributed by atoms with Crippen LogP contribution in [0.2, 0.25) is 0 Å². The Bertz CT molecular complexity index is 384. The lowest BCUT2D eigenvalue weighted by molar-refractivity contribution is 0.115. The molecule has 0 saturated carbocycles. The van der Waals surface area contributed by atoms with Gasteiger partial charge in [0.05, 0.1) is 25.1 Å². The summed E-state index contributed by atoms with van der Waals surface area (Å²) in [5, 5.41) is 9.69. The smallest absolute Gasteiger partial charge is 0.234 e. The molecule has 100 valence electrons. The quantitative estimate of drug-likeness (QED) is 0.878. The molecule has 18 heavy (non-hydrogen) atoms. The Hall–Kier alpha value is -1.36. The van der Waals surface area contributed by atoms with Crippen molar-refractivity contribution >= 4 is 5.82 Å². The fraction of sp³-hybridized carbons (Fsp3) is 0.692. The van der Waals surface area contributed by atoms with Crippen molar-refractivity contribution in [2.45, 2.75) is 32.8 Å². The predicted molar refractivity (Wildman–Crippen MR) is 69.8 cm³/mol. The van der Waals surface area contributed by atoms with Crippen molar-refractivity contribution < 1.29 is 9.84 Å². The van der Waals surface area contributed by atoms with E-state index in [1.807, 2.05) is 13.8 Å². The van der Waals surface area contributed by atoms with Crippen molar-refractivity contribution in [2.75, 3.05) is 24.6 Å². The Balaban J connectivity index is 2.08. The fourth-order valence-corrected chi connectivity index (χ4v) is 2.32. The Morgan fingerprint density at radius 2 is 2.39 bits per heavy atom. The number of aliphatic hydroxyl groups excluding tert-OH is 1. The van der Waals surface area contributed by atoms with Crippen LogP contribution >= 0.6 is 0 Å². The maximum atomic E-state index is 9.69. The molecule has 5 nitrogen and oxygen atoms in total. The Morgan fingerprint density at radius 3 is 3.11 bits per heavy atom. The number of ether oxygens (including phenoxy) is 1. The summed E-state index contributed by atoms with van der Waals surface area (Å²) in [6.07, 6.45) is 5.27. The molecule has 0 aliphatic carbocycles. The van der Waals surface area contributed by atoms with Crippen LogP contribution in [-0.4, -0.2) is 40.9 Å². The first-order valence-electron chi connectivity index (χ1n) is 6.58. The molecule has 5 heteroatoms. The van der Waals surface area contributed by atoms with Crippen LogP contribution < -0.4 is 9.64 Å². The van der Waals surface area contributed by atoms with E-state index in [1.165, 1.54) is 0 Å². The van der Waals surface area contributed by atoms with Crippen molar-refractivity contribution in [3.05, 3.63) is 12.4 Å². The Labute approximate surface area is 108 Å². The molecule has 2 rings (SSSR count). The number of anilines is 1. The molecule has 0 spiro atoms. The van der Waals surface area contributed by atoms with Crippen molar-refractivity contribution in [2.24, 2.45) is 5.92 Å². The lowest BCUT2D eigenvalue weighted by Gasteiger charge is -2.34. The van der Waals surface area contributed by atoms with Gasteiger partial charge in [-0.15, -0.1) is 0 Å². The number of nitrogens with zero attached hydrogens (tertiary/aromatic N) is 3. The molecule has 1 N–H and O–H groups in total. The molecule has 2 unspecified atom stereocenters. The monoisotopic (exact) mass is 251 g/mol. The molecule has 1 fully saturated rings. The van der Waals surface area contributed by atoms with Crippen LogP contribution in [-0.2, 0) is 0 Å². The average molecular weight is 251 g/mol. The second kappa shape index (κ2) is 6.00. The third kappa shape index (κ3) is 3.10. The lowest BCUT2D eigenvalue weighted by Crippen LogP contribution is -2.40. The van der Waals surface area contributed by atoms with Crippen molar-refractivity contribution in [1.29, 1.82) is 0 Å². The topological polar surface area (TPSA) is 58.5 Å². The van der Waals surface area contributed by atoms with Crippen molar-refractivity contribution in [3.63, 3.8) is 0 Å². The zero-order valence-electron chi connectivity index (χ0n) is 11.0. The summed E-state index contributed by atoms with van der Waals surface area (Å²) in [4.78, 5) is 10.8. The predicted octanol–water partition coefficient (Wildman–Crippen LogP) is 1.47. The standard InChI is InChI=1S/C13H21N3O2/c1-3-18-13-8-14-7-12(15-13)16-6-4-5-11(9-16)10(2)17/h7-8,10-11,17H,3-6,9H2,1-2H3. The van der Waals surface area contributed by atoms with E-state index < -0.39 is 0 Å². The summed E-state index contributed by atoms with van der Waals surface area (Å²) in [5.74, 6) is 1.72. The van der Waals surface area contributed by atoms with E-state index in [0.29, 0.717) is 18.4 Å². The van der Waals surface area contributed by atoms with Gasteiger partial charge in [0.1, 0.15) is 0 Å². The third-order valence-electron chi connectivity index (χ3n) is 3.36. The summed E-state index contributed by atoms with van der Waals surface area (Å²) in [6.45, 7) is 6.18. The number of hydrogen-bond donors (Lipinski definition) is 1. The van der Waals surface area contributed by atoms with Gasteiger partial charge in [-0.05, 0) is 26.7 Å². The van der Waals surface area contributed by atoms with E-state index in [4.69, 9.17) is 4.74 Å². The molecule has 0 aromatic carbocycles. The van der Waals surface area contributed by atoms with Gasteiger partial charge in [0, 0.05) is 19.0 Å². The van der Waals surface area contributed by atoms with Crippen LogP contribution in [0.5, 0.6) is 5.88 Å². The summed E-state index contributed by atoms with van der Waals surface area (Å²) >= 11 is 0. The molecular weight excluding hydrogens is 230 g/mol. The van der Waals surface area contributed by atoms with E-state index >= 15 is 0 Å². The molecule has 1 aromatic heterocycles. The first kappa shape index (κ1) is 13.1. The van der Waals surface area contributed by atoms with Gasteiger partial charge in [-0.3, -0.25) is 4.98 Å². The molecule has 0 radical (unpaired) electrons. The summed E-state index contributed by atoms with van der Waals surface area (Å²) in [5.41, 5.74) is 0. The lowest BCUT2D eigenvalue weighted by atomic mass is 9.93. The van der Waals surface area contributed by atoms with Gasteiger partial charge >= 0.3 is 0 Å². The largest absolute Gasteiger partial charge is 0.477 e. The van der Waals surface area contributed by atoms with Crippen LogP contribution in [0, 0.1) is 5.92 Å². The highest BCUT2D eigenvalue weighted by Crippen LogP contribution is 2.24.